The summed E-state index contributed by atoms with van der Waals surface area (Å²) < 4.78 is 39.1. The van der Waals surface area contributed by atoms with Gasteiger partial charge in [0.25, 0.3) is 10.0 Å². The standard InChI is InChI=1S/C14H14FNO3S/c1-2-16(12-4-3-5-13(17)10-12)20(18,19)14-8-6-11(15)7-9-14/h3-10,17H,2H2,1H3. The summed E-state index contributed by atoms with van der Waals surface area (Å²) in [6.07, 6.45) is 0. The van der Waals surface area contributed by atoms with E-state index in [4.69, 9.17) is 0 Å². The van der Waals surface area contributed by atoms with Crippen LogP contribution in [0.2, 0.25) is 0 Å². The third kappa shape index (κ3) is 2.75. The fourth-order valence-electron chi connectivity index (χ4n) is 1.87. The lowest BCUT2D eigenvalue weighted by molar-refractivity contribution is 0.475. The van der Waals surface area contributed by atoms with Gasteiger partial charge in [-0.15, -0.1) is 0 Å². The van der Waals surface area contributed by atoms with Crippen molar-refractivity contribution in [2.45, 2.75) is 11.8 Å². The van der Waals surface area contributed by atoms with Gasteiger partial charge in [-0.1, -0.05) is 6.07 Å². The van der Waals surface area contributed by atoms with E-state index in [0.717, 1.165) is 16.4 Å². The minimum atomic E-state index is -3.78. The molecule has 0 saturated carbocycles. The molecule has 0 bridgehead atoms. The second-order valence-electron chi connectivity index (χ2n) is 4.14. The Labute approximate surface area is 117 Å². The van der Waals surface area contributed by atoms with Gasteiger partial charge in [-0.05, 0) is 43.3 Å². The Hall–Kier alpha value is -2.08. The van der Waals surface area contributed by atoms with E-state index in [0.29, 0.717) is 5.69 Å². The minimum absolute atomic E-state index is 0.00379. The van der Waals surface area contributed by atoms with E-state index in [-0.39, 0.29) is 17.2 Å². The van der Waals surface area contributed by atoms with Crippen LogP contribution in [-0.2, 0) is 10.0 Å². The average Bonchev–Trinajstić information content (AvgIpc) is 2.40. The van der Waals surface area contributed by atoms with Gasteiger partial charge in [-0.2, -0.15) is 0 Å². The van der Waals surface area contributed by atoms with Crippen molar-refractivity contribution in [2.24, 2.45) is 0 Å². The molecule has 0 saturated heterocycles. The van der Waals surface area contributed by atoms with Crippen LogP contribution in [0.5, 0.6) is 5.75 Å². The van der Waals surface area contributed by atoms with E-state index in [1.54, 1.807) is 19.1 Å². The quantitative estimate of drug-likeness (QED) is 0.943. The average molecular weight is 295 g/mol. The molecule has 0 aliphatic carbocycles. The smallest absolute Gasteiger partial charge is 0.264 e. The van der Waals surface area contributed by atoms with E-state index >= 15 is 0 Å². The molecule has 0 spiro atoms. The van der Waals surface area contributed by atoms with Gasteiger partial charge < -0.3 is 5.11 Å². The van der Waals surface area contributed by atoms with E-state index in [1.807, 2.05) is 0 Å². The second-order valence-corrected chi connectivity index (χ2v) is 6.01. The van der Waals surface area contributed by atoms with Crippen LogP contribution >= 0.6 is 0 Å². The van der Waals surface area contributed by atoms with Crippen molar-refractivity contribution in [3.63, 3.8) is 0 Å². The lowest BCUT2D eigenvalue weighted by atomic mass is 10.3. The van der Waals surface area contributed by atoms with Crippen molar-refractivity contribution in [1.82, 2.24) is 0 Å². The van der Waals surface area contributed by atoms with Gasteiger partial charge >= 0.3 is 0 Å². The summed E-state index contributed by atoms with van der Waals surface area (Å²) in [7, 11) is -3.78. The Kier molecular flexibility index (Phi) is 3.94. The third-order valence-corrected chi connectivity index (χ3v) is 4.72. The predicted molar refractivity (Wildman–Crippen MR) is 74.7 cm³/mol. The molecule has 0 aliphatic heterocycles. The van der Waals surface area contributed by atoms with Crippen LogP contribution in [0, 0.1) is 5.82 Å². The summed E-state index contributed by atoms with van der Waals surface area (Å²) >= 11 is 0. The van der Waals surface area contributed by atoms with Crippen LogP contribution in [0.4, 0.5) is 10.1 Å². The first-order chi connectivity index (χ1) is 9.45. The monoisotopic (exact) mass is 295 g/mol. The molecule has 2 rings (SSSR count). The van der Waals surface area contributed by atoms with Crippen molar-refractivity contribution in [3.8, 4) is 5.75 Å². The Bertz CT molecular complexity index is 699. The highest BCUT2D eigenvalue weighted by Gasteiger charge is 2.23. The van der Waals surface area contributed by atoms with Crippen LogP contribution in [0.25, 0.3) is 0 Å². The van der Waals surface area contributed by atoms with Crippen molar-refractivity contribution >= 4 is 15.7 Å². The van der Waals surface area contributed by atoms with Crippen molar-refractivity contribution < 1.29 is 17.9 Å². The zero-order chi connectivity index (χ0) is 14.8. The van der Waals surface area contributed by atoms with E-state index in [2.05, 4.69) is 0 Å². The molecular formula is C14H14FNO3S. The number of sulfonamides is 1. The van der Waals surface area contributed by atoms with Crippen LogP contribution in [-0.4, -0.2) is 20.1 Å². The summed E-state index contributed by atoms with van der Waals surface area (Å²) in [6, 6.07) is 10.6. The molecule has 1 N–H and O–H groups in total. The number of nitrogens with zero attached hydrogens (tertiary/aromatic N) is 1. The number of halogens is 1. The summed E-state index contributed by atoms with van der Waals surface area (Å²) in [6.45, 7) is 1.88. The fraction of sp³-hybridized carbons (Fsp3) is 0.143. The molecule has 4 nitrogen and oxygen atoms in total. The van der Waals surface area contributed by atoms with Crippen molar-refractivity contribution in [2.75, 3.05) is 10.8 Å². The number of hydrogen-bond acceptors (Lipinski definition) is 3. The lowest BCUT2D eigenvalue weighted by Gasteiger charge is -2.23. The molecule has 0 fully saturated rings. The first kappa shape index (κ1) is 14.3. The van der Waals surface area contributed by atoms with Crippen LogP contribution in [0.3, 0.4) is 0 Å². The molecule has 2 aromatic carbocycles. The SMILES string of the molecule is CCN(c1cccc(O)c1)S(=O)(=O)c1ccc(F)cc1. The molecule has 0 unspecified atom stereocenters. The van der Waals surface area contributed by atoms with Gasteiger partial charge in [0.1, 0.15) is 11.6 Å². The number of rotatable bonds is 4. The van der Waals surface area contributed by atoms with E-state index in [1.165, 1.54) is 24.3 Å². The third-order valence-electron chi connectivity index (χ3n) is 2.81. The van der Waals surface area contributed by atoms with E-state index in [9.17, 15) is 17.9 Å². The normalized spacial score (nSPS) is 11.3. The van der Waals surface area contributed by atoms with E-state index < -0.39 is 15.8 Å². The number of phenols is 1. The molecule has 20 heavy (non-hydrogen) atoms. The predicted octanol–water partition coefficient (Wildman–Crippen LogP) is 2.75. The minimum Gasteiger partial charge on any atom is -0.508 e. The van der Waals surface area contributed by atoms with Gasteiger partial charge in [0.15, 0.2) is 0 Å². The van der Waals surface area contributed by atoms with Gasteiger partial charge in [-0.25, -0.2) is 12.8 Å². The molecule has 0 amide bonds. The lowest BCUT2D eigenvalue weighted by Crippen LogP contribution is -2.30. The second kappa shape index (κ2) is 5.50. The molecule has 0 aliphatic rings. The topological polar surface area (TPSA) is 57.6 Å². The van der Waals surface area contributed by atoms with Gasteiger partial charge in [0.2, 0.25) is 0 Å². The Balaban J connectivity index is 2.47. The van der Waals surface area contributed by atoms with Crippen molar-refractivity contribution in [3.05, 3.63) is 54.3 Å². The highest BCUT2D eigenvalue weighted by Crippen LogP contribution is 2.26. The number of hydrogen-bond donors (Lipinski definition) is 1. The maximum atomic E-state index is 12.9. The van der Waals surface area contributed by atoms with Gasteiger partial charge in [0, 0.05) is 12.6 Å². The molecule has 6 heteroatoms. The Morgan fingerprint density at radius 1 is 1.15 bits per heavy atom. The van der Waals surface area contributed by atoms with Crippen LogP contribution in [0.1, 0.15) is 6.92 Å². The summed E-state index contributed by atoms with van der Waals surface area (Å²) in [4.78, 5) is 0.00379. The maximum absolute atomic E-state index is 12.9. The molecule has 0 atom stereocenters. The summed E-state index contributed by atoms with van der Waals surface area (Å²) in [5, 5.41) is 9.46. The number of anilines is 1. The zero-order valence-electron chi connectivity index (χ0n) is 10.8. The fourth-order valence-corrected chi connectivity index (χ4v) is 3.34. The number of aromatic hydroxyl groups is 1. The number of phenolic OH excluding ortho intramolecular Hbond substituents is 1. The first-order valence-electron chi connectivity index (χ1n) is 6.02. The van der Waals surface area contributed by atoms with Gasteiger partial charge in [-0.3, -0.25) is 4.31 Å². The highest BCUT2D eigenvalue weighted by molar-refractivity contribution is 7.92. The Morgan fingerprint density at radius 3 is 2.35 bits per heavy atom. The molecule has 0 heterocycles. The maximum Gasteiger partial charge on any atom is 0.264 e. The van der Waals surface area contributed by atoms with Crippen LogP contribution < -0.4 is 4.31 Å². The summed E-state index contributed by atoms with van der Waals surface area (Å²) in [5.41, 5.74) is 0.358. The summed E-state index contributed by atoms with van der Waals surface area (Å²) in [5.74, 6) is -0.514. The van der Waals surface area contributed by atoms with Crippen molar-refractivity contribution in [1.29, 1.82) is 0 Å². The molecule has 106 valence electrons. The Morgan fingerprint density at radius 2 is 1.80 bits per heavy atom. The number of benzene rings is 2. The molecule has 0 aromatic heterocycles. The first-order valence-corrected chi connectivity index (χ1v) is 7.46. The highest BCUT2D eigenvalue weighted by atomic mass is 32.2. The zero-order valence-corrected chi connectivity index (χ0v) is 11.6. The molecular weight excluding hydrogens is 281 g/mol. The molecule has 2 aromatic rings. The van der Waals surface area contributed by atoms with Gasteiger partial charge in [0.05, 0.1) is 10.6 Å². The largest absolute Gasteiger partial charge is 0.508 e. The van der Waals surface area contributed by atoms with Crippen LogP contribution in [0.15, 0.2) is 53.4 Å². The molecule has 0 radical (unpaired) electrons.